The molecule has 1 aromatic rings. The lowest BCUT2D eigenvalue weighted by atomic mass is 10.1. The largest absolute Gasteiger partial charge is 0.493 e. The minimum Gasteiger partial charge on any atom is -0.493 e. The Bertz CT molecular complexity index is 618. The molecule has 1 heterocycles. The van der Waals surface area contributed by atoms with E-state index in [1.165, 1.54) is 43.5 Å². The molecule has 1 aliphatic heterocycles. The number of aryl methyl sites for hydroxylation is 1. The molecular formula is C21H35IN4O. The second-order valence-electron chi connectivity index (χ2n) is 7.72. The minimum atomic E-state index is 0. The zero-order chi connectivity index (χ0) is 18.4. The van der Waals surface area contributed by atoms with Crippen LogP contribution in [0.4, 0.5) is 0 Å². The highest BCUT2D eigenvalue weighted by Gasteiger charge is 2.23. The van der Waals surface area contributed by atoms with Crippen LogP contribution in [-0.4, -0.2) is 50.7 Å². The Kier molecular flexibility index (Phi) is 9.15. The molecule has 0 aromatic heterocycles. The third-order valence-electron chi connectivity index (χ3n) is 5.44. The number of hydrogen-bond acceptors (Lipinski definition) is 3. The van der Waals surface area contributed by atoms with Crippen molar-refractivity contribution >= 4 is 29.9 Å². The van der Waals surface area contributed by atoms with Gasteiger partial charge in [-0.2, -0.15) is 0 Å². The molecule has 1 atom stereocenters. The van der Waals surface area contributed by atoms with Crippen LogP contribution >= 0.6 is 24.0 Å². The predicted molar refractivity (Wildman–Crippen MR) is 123 cm³/mol. The summed E-state index contributed by atoms with van der Waals surface area (Å²) >= 11 is 0. The van der Waals surface area contributed by atoms with E-state index in [4.69, 9.17) is 4.74 Å². The van der Waals surface area contributed by atoms with E-state index in [0.29, 0.717) is 5.92 Å². The number of guanidine groups is 1. The van der Waals surface area contributed by atoms with Gasteiger partial charge in [0, 0.05) is 32.2 Å². The Labute approximate surface area is 181 Å². The lowest BCUT2D eigenvalue weighted by Crippen LogP contribution is -2.40. The average Bonchev–Trinajstić information content (AvgIpc) is 3.37. The molecule has 0 bridgehead atoms. The second-order valence-corrected chi connectivity index (χ2v) is 7.72. The average molecular weight is 486 g/mol. The molecule has 6 heteroatoms. The molecule has 0 amide bonds. The van der Waals surface area contributed by atoms with Crippen molar-refractivity contribution in [2.45, 2.75) is 39.7 Å². The van der Waals surface area contributed by atoms with Gasteiger partial charge in [0.1, 0.15) is 5.75 Å². The first kappa shape index (κ1) is 22.3. The van der Waals surface area contributed by atoms with Gasteiger partial charge in [0.15, 0.2) is 5.96 Å². The van der Waals surface area contributed by atoms with Crippen molar-refractivity contribution in [3.05, 3.63) is 29.3 Å². The van der Waals surface area contributed by atoms with E-state index < -0.39 is 0 Å². The van der Waals surface area contributed by atoms with Crippen LogP contribution < -0.4 is 15.4 Å². The maximum absolute atomic E-state index is 6.07. The van der Waals surface area contributed by atoms with Crippen LogP contribution in [0, 0.1) is 18.8 Å². The van der Waals surface area contributed by atoms with E-state index in [0.717, 1.165) is 43.9 Å². The lowest BCUT2D eigenvalue weighted by Gasteiger charge is -2.17. The number of benzene rings is 1. The van der Waals surface area contributed by atoms with E-state index in [2.05, 4.69) is 52.6 Å². The van der Waals surface area contributed by atoms with Gasteiger partial charge >= 0.3 is 0 Å². The minimum absolute atomic E-state index is 0. The molecule has 152 valence electrons. The predicted octanol–water partition coefficient (Wildman–Crippen LogP) is 3.41. The zero-order valence-corrected chi connectivity index (χ0v) is 19.3. The van der Waals surface area contributed by atoms with Gasteiger partial charge in [0.2, 0.25) is 0 Å². The van der Waals surface area contributed by atoms with E-state index >= 15 is 0 Å². The van der Waals surface area contributed by atoms with Gasteiger partial charge in [-0.25, -0.2) is 0 Å². The summed E-state index contributed by atoms with van der Waals surface area (Å²) in [6, 6.07) is 6.45. The van der Waals surface area contributed by atoms with Crippen molar-refractivity contribution in [3.8, 4) is 5.75 Å². The summed E-state index contributed by atoms with van der Waals surface area (Å²) in [5, 5.41) is 6.93. The molecule has 0 spiro atoms. The maximum Gasteiger partial charge on any atom is 0.191 e. The van der Waals surface area contributed by atoms with Crippen LogP contribution in [0.1, 0.15) is 37.3 Å². The third-order valence-corrected chi connectivity index (χ3v) is 5.44. The normalized spacial score (nSPS) is 20.3. The number of nitrogens with zero attached hydrogens (tertiary/aromatic N) is 2. The number of rotatable bonds is 8. The lowest BCUT2D eigenvalue weighted by molar-refractivity contribution is 0.296. The Morgan fingerprint density at radius 3 is 2.70 bits per heavy atom. The fraction of sp³-hybridized carbons (Fsp3) is 0.667. The van der Waals surface area contributed by atoms with E-state index in [1.807, 2.05) is 7.05 Å². The van der Waals surface area contributed by atoms with Crippen LogP contribution in [-0.2, 0) is 6.54 Å². The number of aliphatic imine (C=N–C) groups is 1. The van der Waals surface area contributed by atoms with Gasteiger partial charge in [0.05, 0.1) is 6.61 Å². The molecule has 2 aliphatic rings. The molecule has 1 unspecified atom stereocenters. The van der Waals surface area contributed by atoms with E-state index in [1.54, 1.807) is 0 Å². The van der Waals surface area contributed by atoms with E-state index in [9.17, 15) is 0 Å². The van der Waals surface area contributed by atoms with Crippen molar-refractivity contribution in [2.24, 2.45) is 16.8 Å². The molecule has 1 saturated carbocycles. The van der Waals surface area contributed by atoms with Crippen molar-refractivity contribution in [1.82, 2.24) is 15.5 Å². The SMILES string of the molecule is CCN1CCC(CNC(=NC)NCc2ccc(C)cc2OCC2CC2)C1.I. The zero-order valence-electron chi connectivity index (χ0n) is 17.0. The second kappa shape index (κ2) is 11.1. The highest BCUT2D eigenvalue weighted by atomic mass is 127. The Morgan fingerprint density at radius 2 is 2.04 bits per heavy atom. The highest BCUT2D eigenvalue weighted by Crippen LogP contribution is 2.30. The number of ether oxygens (including phenoxy) is 1. The Balaban J connectivity index is 0.00000261. The van der Waals surface area contributed by atoms with Gasteiger partial charge in [-0.3, -0.25) is 4.99 Å². The van der Waals surface area contributed by atoms with Gasteiger partial charge < -0.3 is 20.3 Å². The summed E-state index contributed by atoms with van der Waals surface area (Å²) < 4.78 is 6.07. The van der Waals surface area contributed by atoms with Gasteiger partial charge in [-0.1, -0.05) is 19.1 Å². The first-order valence-electron chi connectivity index (χ1n) is 10.1. The quantitative estimate of drug-likeness (QED) is 0.336. The highest BCUT2D eigenvalue weighted by molar-refractivity contribution is 14.0. The van der Waals surface area contributed by atoms with E-state index in [-0.39, 0.29) is 24.0 Å². The third kappa shape index (κ3) is 7.14. The summed E-state index contributed by atoms with van der Waals surface area (Å²) in [6.45, 7) is 10.5. The van der Waals surface area contributed by atoms with Crippen LogP contribution in [0.25, 0.3) is 0 Å². The number of likely N-dealkylation sites (tertiary alicyclic amines) is 1. The van der Waals surface area contributed by atoms with Crippen LogP contribution in [0.3, 0.4) is 0 Å². The molecule has 2 fully saturated rings. The van der Waals surface area contributed by atoms with Crippen LogP contribution in [0.5, 0.6) is 5.75 Å². The summed E-state index contributed by atoms with van der Waals surface area (Å²) in [5.74, 6) is 3.35. The maximum atomic E-state index is 6.07. The van der Waals surface area contributed by atoms with Crippen molar-refractivity contribution in [1.29, 1.82) is 0 Å². The van der Waals surface area contributed by atoms with Crippen molar-refractivity contribution in [3.63, 3.8) is 0 Å². The van der Waals surface area contributed by atoms with Gasteiger partial charge in [-0.15, -0.1) is 24.0 Å². The molecule has 2 N–H and O–H groups in total. The van der Waals surface area contributed by atoms with Crippen molar-refractivity contribution < 1.29 is 4.74 Å². The Hall–Kier alpha value is -1.02. The van der Waals surface area contributed by atoms with Crippen LogP contribution in [0.2, 0.25) is 0 Å². The molecular weight excluding hydrogens is 451 g/mol. The summed E-state index contributed by atoms with van der Waals surface area (Å²) in [6.07, 6.45) is 3.90. The summed E-state index contributed by atoms with van der Waals surface area (Å²) in [5.41, 5.74) is 2.43. The monoisotopic (exact) mass is 486 g/mol. The fourth-order valence-corrected chi connectivity index (χ4v) is 3.44. The van der Waals surface area contributed by atoms with Crippen molar-refractivity contribution in [2.75, 3.05) is 39.8 Å². The number of halogens is 1. The molecule has 3 rings (SSSR count). The first-order valence-corrected chi connectivity index (χ1v) is 10.1. The molecule has 1 saturated heterocycles. The fourth-order valence-electron chi connectivity index (χ4n) is 3.44. The molecule has 0 radical (unpaired) electrons. The standard InChI is InChI=1S/C21H34N4O.HI/c1-4-25-10-9-18(14-25)12-23-21(22-3)24-13-19-8-5-16(2)11-20(19)26-15-17-6-7-17;/h5,8,11,17-18H,4,6-7,9-10,12-15H2,1-3H3,(H2,22,23,24);1H. The van der Waals surface area contributed by atoms with Gasteiger partial charge in [-0.05, 0) is 62.7 Å². The molecule has 5 nitrogen and oxygen atoms in total. The smallest absolute Gasteiger partial charge is 0.191 e. The first-order chi connectivity index (χ1) is 12.7. The summed E-state index contributed by atoms with van der Waals surface area (Å²) in [7, 11) is 1.84. The van der Waals surface area contributed by atoms with Gasteiger partial charge in [0.25, 0.3) is 0 Å². The van der Waals surface area contributed by atoms with Crippen LogP contribution in [0.15, 0.2) is 23.2 Å². The molecule has 1 aliphatic carbocycles. The Morgan fingerprint density at radius 1 is 1.22 bits per heavy atom. The summed E-state index contributed by atoms with van der Waals surface area (Å²) in [4.78, 5) is 6.89. The number of nitrogens with one attached hydrogen (secondary N) is 2. The molecule has 1 aromatic carbocycles. The topological polar surface area (TPSA) is 48.9 Å². The molecule has 27 heavy (non-hydrogen) atoms. The number of hydrogen-bond donors (Lipinski definition) is 2.